The third-order valence-electron chi connectivity index (χ3n) is 4.19. The Morgan fingerprint density at radius 3 is 2.44 bits per heavy atom. The number of hydrogen-bond donors (Lipinski definition) is 0. The highest BCUT2D eigenvalue weighted by Crippen LogP contribution is 2.16. The first-order valence-electron chi connectivity index (χ1n) is 8.51. The van der Waals surface area contributed by atoms with E-state index in [1.54, 1.807) is 0 Å². The fraction of sp³-hybridized carbons (Fsp3) is 0.300. The summed E-state index contributed by atoms with van der Waals surface area (Å²) < 4.78 is 5.58. The van der Waals surface area contributed by atoms with E-state index < -0.39 is 0 Å². The summed E-state index contributed by atoms with van der Waals surface area (Å²) in [6, 6.07) is 13.4. The van der Waals surface area contributed by atoms with Gasteiger partial charge in [0.1, 0.15) is 25.4 Å². The standard InChI is InChI=1S/C20H23N3O2/c1-16(2)15-25-18-8-6-17(7-9-18)20(24)23-13-11-22(12-14-23)19-5-3-4-10-21-19/h3-10H,1,11-15H2,2H3/p+1. The van der Waals surface area contributed by atoms with Crippen molar-refractivity contribution in [3.8, 4) is 5.75 Å². The Morgan fingerprint density at radius 2 is 1.84 bits per heavy atom. The van der Waals surface area contributed by atoms with Gasteiger partial charge in [-0.1, -0.05) is 12.6 Å². The molecular weight excluding hydrogens is 314 g/mol. The van der Waals surface area contributed by atoms with Gasteiger partial charge in [-0.05, 0) is 42.8 Å². The van der Waals surface area contributed by atoms with Crippen LogP contribution in [-0.2, 0) is 0 Å². The molecule has 0 saturated carbocycles. The third kappa shape index (κ3) is 4.38. The van der Waals surface area contributed by atoms with Crippen molar-refractivity contribution < 1.29 is 14.5 Å². The zero-order chi connectivity index (χ0) is 17.6. The average molecular weight is 338 g/mol. The summed E-state index contributed by atoms with van der Waals surface area (Å²) in [4.78, 5) is 20.1. The summed E-state index contributed by atoms with van der Waals surface area (Å²) >= 11 is 0. The SMILES string of the molecule is C=C(C)COc1ccc(C(=O)N2CCN(c3cccc[nH+]3)CC2)cc1. The van der Waals surface area contributed by atoms with E-state index in [4.69, 9.17) is 4.74 Å². The maximum absolute atomic E-state index is 12.7. The highest BCUT2D eigenvalue weighted by molar-refractivity contribution is 5.94. The maximum Gasteiger partial charge on any atom is 0.274 e. The zero-order valence-electron chi connectivity index (χ0n) is 14.6. The molecule has 2 heterocycles. The van der Waals surface area contributed by atoms with Crippen LogP contribution in [0.15, 0.2) is 60.8 Å². The van der Waals surface area contributed by atoms with Crippen LogP contribution in [0.4, 0.5) is 5.82 Å². The quantitative estimate of drug-likeness (QED) is 0.787. The number of ether oxygens (including phenoxy) is 1. The van der Waals surface area contributed by atoms with Gasteiger partial charge in [0, 0.05) is 11.6 Å². The molecule has 1 fully saturated rings. The Hall–Kier alpha value is -2.82. The number of nitrogens with one attached hydrogen (secondary N) is 1. The minimum atomic E-state index is 0.0724. The number of carbonyl (C=O) groups excluding carboxylic acids is 1. The van der Waals surface area contributed by atoms with E-state index in [1.165, 1.54) is 0 Å². The lowest BCUT2D eigenvalue weighted by atomic mass is 10.1. The number of benzene rings is 1. The van der Waals surface area contributed by atoms with Crippen LogP contribution in [0.25, 0.3) is 0 Å². The van der Waals surface area contributed by atoms with Crippen LogP contribution in [0.5, 0.6) is 5.75 Å². The number of H-pyrrole nitrogens is 1. The molecule has 0 spiro atoms. The van der Waals surface area contributed by atoms with Crippen molar-refractivity contribution in [3.63, 3.8) is 0 Å². The van der Waals surface area contributed by atoms with E-state index in [0.29, 0.717) is 12.2 Å². The molecule has 0 bridgehead atoms. The largest absolute Gasteiger partial charge is 0.489 e. The van der Waals surface area contributed by atoms with Crippen molar-refractivity contribution in [3.05, 3.63) is 66.4 Å². The number of anilines is 1. The van der Waals surface area contributed by atoms with Gasteiger partial charge in [-0.2, -0.15) is 0 Å². The first-order chi connectivity index (χ1) is 12.1. The summed E-state index contributed by atoms with van der Waals surface area (Å²) in [5.74, 6) is 1.92. The molecule has 1 aliphatic rings. The minimum absolute atomic E-state index is 0.0724. The molecule has 1 N–H and O–H groups in total. The molecule has 3 rings (SSSR count). The number of amides is 1. The number of hydrogen-bond acceptors (Lipinski definition) is 3. The van der Waals surface area contributed by atoms with Crippen LogP contribution in [0, 0.1) is 0 Å². The summed E-state index contributed by atoms with van der Waals surface area (Å²) in [5, 5.41) is 0. The molecule has 1 amide bonds. The Labute approximate surface area is 148 Å². The van der Waals surface area contributed by atoms with Crippen LogP contribution in [0.3, 0.4) is 0 Å². The van der Waals surface area contributed by atoms with Crippen LogP contribution in [-0.4, -0.2) is 43.6 Å². The van der Waals surface area contributed by atoms with E-state index in [-0.39, 0.29) is 5.91 Å². The lowest BCUT2D eigenvalue weighted by molar-refractivity contribution is -0.364. The van der Waals surface area contributed by atoms with Crippen molar-refractivity contribution in [1.82, 2.24) is 4.90 Å². The van der Waals surface area contributed by atoms with Gasteiger partial charge < -0.3 is 9.64 Å². The number of nitrogens with zero attached hydrogens (tertiary/aromatic N) is 2. The average Bonchev–Trinajstić information content (AvgIpc) is 2.67. The van der Waals surface area contributed by atoms with E-state index in [0.717, 1.165) is 43.3 Å². The van der Waals surface area contributed by atoms with Gasteiger partial charge in [-0.3, -0.25) is 9.69 Å². The lowest BCUT2D eigenvalue weighted by Crippen LogP contribution is -2.50. The van der Waals surface area contributed by atoms with Crippen LogP contribution >= 0.6 is 0 Å². The fourth-order valence-electron chi connectivity index (χ4n) is 2.81. The molecule has 0 aliphatic carbocycles. The molecule has 0 radical (unpaired) electrons. The summed E-state index contributed by atoms with van der Waals surface area (Å²) in [5.41, 5.74) is 1.66. The first-order valence-corrected chi connectivity index (χ1v) is 8.51. The smallest absolute Gasteiger partial charge is 0.274 e. The number of rotatable bonds is 5. The fourth-order valence-corrected chi connectivity index (χ4v) is 2.81. The second kappa shape index (κ2) is 7.83. The monoisotopic (exact) mass is 338 g/mol. The van der Waals surface area contributed by atoms with Crippen molar-refractivity contribution in [1.29, 1.82) is 0 Å². The summed E-state index contributed by atoms with van der Waals surface area (Å²) in [6.07, 6.45) is 1.92. The minimum Gasteiger partial charge on any atom is -0.489 e. The zero-order valence-corrected chi connectivity index (χ0v) is 14.6. The predicted molar refractivity (Wildman–Crippen MR) is 97.9 cm³/mol. The molecule has 0 unspecified atom stereocenters. The maximum atomic E-state index is 12.7. The summed E-state index contributed by atoms with van der Waals surface area (Å²) in [7, 11) is 0. The van der Waals surface area contributed by atoms with Crippen molar-refractivity contribution >= 4 is 11.7 Å². The number of carbonyl (C=O) groups is 1. The van der Waals surface area contributed by atoms with Gasteiger partial charge in [0.2, 0.25) is 0 Å². The van der Waals surface area contributed by atoms with Gasteiger partial charge in [0.15, 0.2) is 0 Å². The highest BCUT2D eigenvalue weighted by Gasteiger charge is 2.26. The van der Waals surface area contributed by atoms with Crippen molar-refractivity contribution in [2.24, 2.45) is 0 Å². The van der Waals surface area contributed by atoms with E-state index in [1.807, 2.05) is 54.4 Å². The van der Waals surface area contributed by atoms with Gasteiger partial charge in [0.05, 0.1) is 19.3 Å². The Kier molecular flexibility index (Phi) is 5.33. The molecular formula is C20H24N3O2+. The highest BCUT2D eigenvalue weighted by atomic mass is 16.5. The number of piperazine rings is 1. The van der Waals surface area contributed by atoms with Gasteiger partial charge in [-0.25, -0.2) is 4.98 Å². The second-order valence-corrected chi connectivity index (χ2v) is 6.30. The molecule has 130 valence electrons. The Bertz CT molecular complexity index is 720. The topological polar surface area (TPSA) is 46.9 Å². The van der Waals surface area contributed by atoms with Gasteiger partial charge in [-0.15, -0.1) is 0 Å². The van der Waals surface area contributed by atoms with E-state index in [9.17, 15) is 4.79 Å². The molecule has 5 heteroatoms. The molecule has 0 atom stereocenters. The van der Waals surface area contributed by atoms with Crippen LogP contribution in [0.1, 0.15) is 17.3 Å². The predicted octanol–water partition coefficient (Wildman–Crippen LogP) is 2.42. The van der Waals surface area contributed by atoms with Crippen molar-refractivity contribution in [2.75, 3.05) is 37.7 Å². The number of aromatic amines is 1. The lowest BCUT2D eigenvalue weighted by Gasteiger charge is -2.31. The van der Waals surface area contributed by atoms with Crippen LogP contribution in [0.2, 0.25) is 0 Å². The van der Waals surface area contributed by atoms with E-state index in [2.05, 4.69) is 22.5 Å². The van der Waals surface area contributed by atoms with Gasteiger partial charge in [0.25, 0.3) is 11.7 Å². The van der Waals surface area contributed by atoms with Crippen LogP contribution < -0.4 is 14.6 Å². The molecule has 5 nitrogen and oxygen atoms in total. The van der Waals surface area contributed by atoms with Gasteiger partial charge >= 0.3 is 0 Å². The molecule has 25 heavy (non-hydrogen) atoms. The first kappa shape index (κ1) is 17.0. The molecule has 1 aliphatic heterocycles. The second-order valence-electron chi connectivity index (χ2n) is 6.30. The number of pyridine rings is 1. The molecule has 1 aromatic carbocycles. The van der Waals surface area contributed by atoms with E-state index >= 15 is 0 Å². The number of aromatic nitrogens is 1. The molecule has 1 saturated heterocycles. The molecule has 2 aromatic rings. The third-order valence-corrected chi connectivity index (χ3v) is 4.19. The van der Waals surface area contributed by atoms with Crippen molar-refractivity contribution in [2.45, 2.75) is 6.92 Å². The molecule has 1 aromatic heterocycles. The Morgan fingerprint density at radius 1 is 1.12 bits per heavy atom. The summed E-state index contributed by atoms with van der Waals surface area (Å²) in [6.45, 7) is 9.31. The normalized spacial score (nSPS) is 14.3. The Balaban J connectivity index is 1.56.